The van der Waals surface area contributed by atoms with Crippen LogP contribution in [0.15, 0.2) is 36.7 Å². The van der Waals surface area contributed by atoms with Crippen LogP contribution < -0.4 is 5.32 Å². The van der Waals surface area contributed by atoms with Crippen molar-refractivity contribution < 1.29 is 4.79 Å². The number of aldehydes is 1. The fourth-order valence-electron chi connectivity index (χ4n) is 1.85. The van der Waals surface area contributed by atoms with Gasteiger partial charge in [-0.25, -0.2) is 9.97 Å². The van der Waals surface area contributed by atoms with Crippen LogP contribution in [0.25, 0.3) is 0 Å². The molecule has 2 aromatic rings. The van der Waals surface area contributed by atoms with E-state index in [2.05, 4.69) is 27.4 Å². The lowest BCUT2D eigenvalue weighted by molar-refractivity contribution is 0.112. The number of nitrogens with one attached hydrogen (secondary N) is 1. The third-order valence-corrected chi connectivity index (χ3v) is 3.02. The number of carbonyl (C=O) groups is 1. The van der Waals surface area contributed by atoms with E-state index in [0.29, 0.717) is 17.7 Å². The lowest BCUT2D eigenvalue weighted by atomic mass is 10.1. The topological polar surface area (TPSA) is 54.9 Å². The fraction of sp³-hybridized carbons (Fsp3) is 0.214. The van der Waals surface area contributed by atoms with E-state index in [1.54, 1.807) is 0 Å². The number of nitrogens with zero attached hydrogens (tertiary/aromatic N) is 2. The first-order valence-electron chi connectivity index (χ1n) is 5.97. The molecule has 98 valence electrons. The molecule has 1 atom stereocenters. The molecule has 0 radical (unpaired) electrons. The molecule has 1 unspecified atom stereocenters. The number of carbonyl (C=O) groups excluding carboxylic acids is 1. The Bertz CT molecular complexity index is 560. The van der Waals surface area contributed by atoms with Crippen molar-refractivity contribution in [2.45, 2.75) is 19.4 Å². The van der Waals surface area contributed by atoms with Crippen LogP contribution in [0.2, 0.25) is 5.15 Å². The summed E-state index contributed by atoms with van der Waals surface area (Å²) in [5.74, 6) is 0.471. The van der Waals surface area contributed by atoms with Crippen LogP contribution in [0.1, 0.15) is 22.8 Å². The molecule has 19 heavy (non-hydrogen) atoms. The van der Waals surface area contributed by atoms with E-state index in [-0.39, 0.29) is 11.2 Å². The van der Waals surface area contributed by atoms with Gasteiger partial charge in [0.25, 0.3) is 0 Å². The highest BCUT2D eigenvalue weighted by atomic mass is 35.5. The van der Waals surface area contributed by atoms with E-state index in [1.807, 2.05) is 25.1 Å². The molecule has 1 aromatic heterocycles. The van der Waals surface area contributed by atoms with Crippen LogP contribution in [0.5, 0.6) is 0 Å². The van der Waals surface area contributed by atoms with Crippen LogP contribution in [0, 0.1) is 0 Å². The van der Waals surface area contributed by atoms with Crippen LogP contribution in [-0.2, 0) is 6.42 Å². The van der Waals surface area contributed by atoms with Gasteiger partial charge in [-0.05, 0) is 18.9 Å². The Morgan fingerprint density at radius 2 is 2.05 bits per heavy atom. The van der Waals surface area contributed by atoms with Gasteiger partial charge in [-0.1, -0.05) is 41.9 Å². The molecule has 0 aliphatic heterocycles. The van der Waals surface area contributed by atoms with Gasteiger partial charge in [0.1, 0.15) is 17.3 Å². The van der Waals surface area contributed by atoms with Crippen molar-refractivity contribution in [3.05, 3.63) is 52.9 Å². The second kappa shape index (κ2) is 6.29. The number of aromatic nitrogens is 2. The van der Waals surface area contributed by atoms with Gasteiger partial charge in [-0.2, -0.15) is 0 Å². The molecule has 0 saturated heterocycles. The summed E-state index contributed by atoms with van der Waals surface area (Å²) in [4.78, 5) is 18.8. The Hall–Kier alpha value is -1.94. The Kier molecular flexibility index (Phi) is 4.47. The Labute approximate surface area is 116 Å². The summed E-state index contributed by atoms with van der Waals surface area (Å²) in [6, 6.07) is 10.2. The van der Waals surface area contributed by atoms with Gasteiger partial charge in [0.15, 0.2) is 6.29 Å². The third kappa shape index (κ3) is 3.51. The lowest BCUT2D eigenvalue weighted by Crippen LogP contribution is -2.20. The van der Waals surface area contributed by atoms with Crippen molar-refractivity contribution in [2.24, 2.45) is 0 Å². The van der Waals surface area contributed by atoms with Crippen molar-refractivity contribution in [1.29, 1.82) is 0 Å². The molecular formula is C14H14ClN3O. The molecule has 0 spiro atoms. The van der Waals surface area contributed by atoms with Gasteiger partial charge >= 0.3 is 0 Å². The van der Waals surface area contributed by atoms with E-state index in [9.17, 15) is 4.79 Å². The number of benzene rings is 1. The van der Waals surface area contributed by atoms with E-state index >= 15 is 0 Å². The molecule has 0 amide bonds. The minimum absolute atomic E-state index is 0.132. The second-order valence-corrected chi connectivity index (χ2v) is 4.64. The van der Waals surface area contributed by atoms with E-state index in [0.717, 1.165) is 6.42 Å². The van der Waals surface area contributed by atoms with Crippen molar-refractivity contribution >= 4 is 23.7 Å². The second-order valence-electron chi connectivity index (χ2n) is 4.28. The average Bonchev–Trinajstić information content (AvgIpc) is 2.40. The first kappa shape index (κ1) is 13.5. The first-order valence-corrected chi connectivity index (χ1v) is 6.34. The maximum atomic E-state index is 11.0. The molecule has 0 aliphatic carbocycles. The number of hydrogen-bond acceptors (Lipinski definition) is 4. The summed E-state index contributed by atoms with van der Waals surface area (Å²) < 4.78 is 0. The summed E-state index contributed by atoms with van der Waals surface area (Å²) in [5, 5.41) is 3.35. The highest BCUT2D eigenvalue weighted by Crippen LogP contribution is 2.18. The predicted octanol–water partition coefficient (Wildman–Crippen LogP) is 2.99. The lowest BCUT2D eigenvalue weighted by Gasteiger charge is -2.15. The number of hydrogen-bond donors (Lipinski definition) is 1. The molecule has 5 heteroatoms. The number of halogens is 1. The van der Waals surface area contributed by atoms with E-state index in [1.165, 1.54) is 11.9 Å². The quantitative estimate of drug-likeness (QED) is 0.673. The largest absolute Gasteiger partial charge is 0.367 e. The smallest absolute Gasteiger partial charge is 0.156 e. The minimum Gasteiger partial charge on any atom is -0.367 e. The zero-order chi connectivity index (χ0) is 13.7. The molecule has 0 fully saturated rings. The average molecular weight is 276 g/mol. The van der Waals surface area contributed by atoms with Crippen LogP contribution >= 0.6 is 11.6 Å². The van der Waals surface area contributed by atoms with Gasteiger partial charge < -0.3 is 5.32 Å². The highest BCUT2D eigenvalue weighted by Gasteiger charge is 2.11. The number of rotatable bonds is 5. The van der Waals surface area contributed by atoms with Crippen molar-refractivity contribution in [3.8, 4) is 0 Å². The zero-order valence-corrected chi connectivity index (χ0v) is 11.3. The predicted molar refractivity (Wildman–Crippen MR) is 75.7 cm³/mol. The molecule has 1 heterocycles. The monoisotopic (exact) mass is 275 g/mol. The summed E-state index contributed by atoms with van der Waals surface area (Å²) in [5.41, 5.74) is 1.51. The normalized spacial score (nSPS) is 11.9. The molecule has 0 bridgehead atoms. The van der Waals surface area contributed by atoms with Crippen LogP contribution in [0.4, 0.5) is 5.82 Å². The summed E-state index contributed by atoms with van der Waals surface area (Å²) >= 11 is 5.85. The first-order chi connectivity index (χ1) is 9.20. The number of anilines is 1. The Morgan fingerprint density at radius 3 is 2.74 bits per heavy atom. The van der Waals surface area contributed by atoms with E-state index in [4.69, 9.17) is 11.6 Å². The summed E-state index contributed by atoms with van der Waals surface area (Å²) in [6.07, 6.45) is 2.84. The standard InChI is InChI=1S/C14H14ClN3O/c1-10(7-11-5-3-2-4-6-11)18-14-12(8-19)13(15)16-9-17-14/h2-6,8-10H,7H2,1H3,(H,16,17,18). The zero-order valence-electron chi connectivity index (χ0n) is 10.5. The van der Waals surface area contributed by atoms with Crippen molar-refractivity contribution in [2.75, 3.05) is 5.32 Å². The van der Waals surface area contributed by atoms with E-state index < -0.39 is 0 Å². The Morgan fingerprint density at radius 1 is 1.32 bits per heavy atom. The maximum Gasteiger partial charge on any atom is 0.156 e. The SMILES string of the molecule is CC(Cc1ccccc1)Nc1ncnc(Cl)c1C=O. The highest BCUT2D eigenvalue weighted by molar-refractivity contribution is 6.32. The Balaban J connectivity index is 2.09. The minimum atomic E-state index is 0.132. The van der Waals surface area contributed by atoms with Crippen LogP contribution in [0.3, 0.4) is 0 Å². The van der Waals surface area contributed by atoms with Crippen molar-refractivity contribution in [3.63, 3.8) is 0 Å². The maximum absolute atomic E-state index is 11.0. The fourth-order valence-corrected chi connectivity index (χ4v) is 2.02. The summed E-state index contributed by atoms with van der Waals surface area (Å²) in [6.45, 7) is 2.03. The molecular weight excluding hydrogens is 262 g/mol. The molecule has 2 rings (SSSR count). The molecule has 4 nitrogen and oxygen atoms in total. The summed E-state index contributed by atoms with van der Waals surface area (Å²) in [7, 11) is 0. The van der Waals surface area contributed by atoms with Crippen molar-refractivity contribution in [1.82, 2.24) is 9.97 Å². The van der Waals surface area contributed by atoms with Gasteiger partial charge in [-0.3, -0.25) is 4.79 Å². The third-order valence-electron chi connectivity index (χ3n) is 2.72. The van der Waals surface area contributed by atoms with Gasteiger partial charge in [0.2, 0.25) is 0 Å². The van der Waals surface area contributed by atoms with Crippen LogP contribution in [-0.4, -0.2) is 22.3 Å². The molecule has 1 aromatic carbocycles. The molecule has 0 saturated carbocycles. The van der Waals surface area contributed by atoms with Gasteiger partial charge in [0.05, 0.1) is 5.56 Å². The molecule has 0 aliphatic rings. The van der Waals surface area contributed by atoms with Gasteiger partial charge in [-0.15, -0.1) is 0 Å². The van der Waals surface area contributed by atoms with Gasteiger partial charge in [0, 0.05) is 6.04 Å². The molecule has 1 N–H and O–H groups in total.